The van der Waals surface area contributed by atoms with E-state index in [1.165, 1.54) is 44.2 Å². The van der Waals surface area contributed by atoms with E-state index in [2.05, 4.69) is 10.6 Å². The molecule has 2 N–H and O–H groups in total. The second-order valence-corrected chi connectivity index (χ2v) is 14.8. The number of hydrogen-bond donors (Lipinski definition) is 2. The fourth-order valence-corrected chi connectivity index (χ4v) is 7.53. The third kappa shape index (κ3) is 12.1. The monoisotopic (exact) mass is 792 g/mol. The van der Waals surface area contributed by atoms with Crippen molar-refractivity contribution in [3.05, 3.63) is 65.0 Å². The van der Waals surface area contributed by atoms with Crippen molar-refractivity contribution in [2.45, 2.75) is 95.5 Å². The van der Waals surface area contributed by atoms with Crippen LogP contribution in [0.25, 0.3) is 0 Å². The number of hydrogen-bond acceptors (Lipinski definition) is 9. The zero-order valence-corrected chi connectivity index (χ0v) is 32.3. The second kappa shape index (κ2) is 21.1. The molecule has 2 aliphatic carbocycles. The number of amides is 3. The molecular formula is C41H56F4N4O7. The standard InChI is InChI=1S/C41H56F4N4O7/c1-30(41(43,44)45)48(28-32-9-11-34(42)12-10-32)37(50)29-49-38(51)40(56-39(49)52)17-15-33-27-35(13-14-36(33)40)47-20-5-18-46-19-6-21-53-23-25-55-26-24-54-22-16-31-7-3-2-4-8-31/h9-14,27,30-31,46-47H,2-8,15-26,28-29H2,1H3/t30-,40+/m0/s1. The lowest BCUT2D eigenvalue weighted by atomic mass is 9.87. The molecule has 2 aromatic carbocycles. The van der Waals surface area contributed by atoms with Gasteiger partial charge in [-0.1, -0.05) is 50.3 Å². The van der Waals surface area contributed by atoms with Crippen LogP contribution in [0.5, 0.6) is 0 Å². The lowest BCUT2D eigenvalue weighted by molar-refractivity contribution is -0.187. The minimum absolute atomic E-state index is 0.148. The molecule has 5 rings (SSSR count). The predicted molar refractivity (Wildman–Crippen MR) is 201 cm³/mol. The molecule has 15 heteroatoms. The summed E-state index contributed by atoms with van der Waals surface area (Å²) in [6.45, 7) is 5.55. The van der Waals surface area contributed by atoms with E-state index in [1.807, 2.05) is 6.07 Å². The van der Waals surface area contributed by atoms with Crippen LogP contribution in [0.3, 0.4) is 0 Å². The molecule has 2 aromatic rings. The van der Waals surface area contributed by atoms with E-state index in [0.717, 1.165) is 75.2 Å². The summed E-state index contributed by atoms with van der Waals surface area (Å²) in [7, 11) is 0. The Balaban J connectivity index is 0.963. The molecule has 3 amide bonds. The fourth-order valence-electron chi connectivity index (χ4n) is 7.53. The van der Waals surface area contributed by atoms with Gasteiger partial charge in [-0.05, 0) is 87.0 Å². The summed E-state index contributed by atoms with van der Waals surface area (Å²) >= 11 is 0. The fraction of sp³-hybridized carbons (Fsp3) is 0.634. The van der Waals surface area contributed by atoms with Crippen molar-refractivity contribution in [3.8, 4) is 0 Å². The van der Waals surface area contributed by atoms with Crippen LogP contribution in [0.1, 0.15) is 81.4 Å². The molecule has 1 aliphatic heterocycles. The number of anilines is 1. The van der Waals surface area contributed by atoms with Gasteiger partial charge in [0.15, 0.2) is 0 Å². The first-order chi connectivity index (χ1) is 27.0. The molecule has 3 aliphatic rings. The first-order valence-corrected chi connectivity index (χ1v) is 19.9. The summed E-state index contributed by atoms with van der Waals surface area (Å²) in [5.41, 5.74) is 0.736. The number of aryl methyl sites for hydroxylation is 1. The van der Waals surface area contributed by atoms with Gasteiger partial charge in [-0.3, -0.25) is 9.59 Å². The molecule has 0 unspecified atom stereocenters. The van der Waals surface area contributed by atoms with Crippen LogP contribution in [0.15, 0.2) is 42.5 Å². The van der Waals surface area contributed by atoms with E-state index in [0.29, 0.717) is 61.4 Å². The summed E-state index contributed by atoms with van der Waals surface area (Å²) in [4.78, 5) is 41.1. The van der Waals surface area contributed by atoms with Crippen LogP contribution in [-0.4, -0.2) is 106 Å². The molecule has 11 nitrogen and oxygen atoms in total. The minimum atomic E-state index is -4.78. The normalized spacial score (nSPS) is 19.1. The van der Waals surface area contributed by atoms with E-state index in [4.69, 9.17) is 18.9 Å². The van der Waals surface area contributed by atoms with E-state index < -0.39 is 54.6 Å². The zero-order valence-electron chi connectivity index (χ0n) is 32.3. The maximum absolute atomic E-state index is 13.8. The van der Waals surface area contributed by atoms with Crippen molar-refractivity contribution in [1.82, 2.24) is 15.1 Å². The Morgan fingerprint density at radius 1 is 0.929 bits per heavy atom. The Morgan fingerprint density at radius 2 is 1.61 bits per heavy atom. The Labute approximate surface area is 326 Å². The van der Waals surface area contributed by atoms with E-state index >= 15 is 0 Å². The largest absolute Gasteiger partial charge is 0.427 e. The van der Waals surface area contributed by atoms with Crippen molar-refractivity contribution in [3.63, 3.8) is 0 Å². The molecule has 0 bridgehead atoms. The van der Waals surface area contributed by atoms with Crippen molar-refractivity contribution in [2.75, 3.05) is 71.1 Å². The lowest BCUT2D eigenvalue weighted by Gasteiger charge is -2.31. The Kier molecular flexibility index (Phi) is 16.3. The van der Waals surface area contributed by atoms with Gasteiger partial charge in [0, 0.05) is 44.0 Å². The Bertz CT molecular complexity index is 1570. The van der Waals surface area contributed by atoms with Gasteiger partial charge in [-0.2, -0.15) is 13.2 Å². The van der Waals surface area contributed by atoms with E-state index in [9.17, 15) is 31.9 Å². The summed E-state index contributed by atoms with van der Waals surface area (Å²) < 4.78 is 77.2. The highest BCUT2D eigenvalue weighted by molar-refractivity contribution is 6.06. The second-order valence-electron chi connectivity index (χ2n) is 14.8. The van der Waals surface area contributed by atoms with Crippen LogP contribution in [0, 0.1) is 11.7 Å². The smallest absolute Gasteiger partial charge is 0.418 e. The molecule has 2 fully saturated rings. The summed E-state index contributed by atoms with van der Waals surface area (Å²) in [6.07, 6.45) is 4.42. The van der Waals surface area contributed by atoms with Gasteiger partial charge in [-0.25, -0.2) is 14.1 Å². The highest BCUT2D eigenvalue weighted by Crippen LogP contribution is 2.46. The van der Waals surface area contributed by atoms with Crippen LogP contribution in [0.2, 0.25) is 0 Å². The summed E-state index contributed by atoms with van der Waals surface area (Å²) in [5, 5.41) is 6.78. The van der Waals surface area contributed by atoms with Gasteiger partial charge in [-0.15, -0.1) is 0 Å². The number of fused-ring (bicyclic) bond motifs is 2. The zero-order chi connectivity index (χ0) is 40.0. The van der Waals surface area contributed by atoms with Gasteiger partial charge in [0.25, 0.3) is 5.91 Å². The quantitative estimate of drug-likeness (QED) is 0.0934. The van der Waals surface area contributed by atoms with Crippen molar-refractivity contribution < 1.29 is 50.9 Å². The average Bonchev–Trinajstić information content (AvgIpc) is 3.66. The number of ether oxygens (including phenoxy) is 4. The van der Waals surface area contributed by atoms with Gasteiger partial charge in [0.1, 0.15) is 18.4 Å². The Hall–Kier alpha value is -3.79. The molecule has 1 saturated heterocycles. The number of halogens is 4. The molecule has 0 aromatic heterocycles. The molecule has 1 heterocycles. The minimum Gasteiger partial charge on any atom is -0.427 e. The van der Waals surface area contributed by atoms with Crippen molar-refractivity contribution >= 4 is 23.6 Å². The van der Waals surface area contributed by atoms with E-state index in [-0.39, 0.29) is 12.0 Å². The molecule has 1 saturated carbocycles. The number of carbonyl (C=O) groups is 3. The van der Waals surface area contributed by atoms with E-state index in [1.54, 1.807) is 12.1 Å². The molecular weight excluding hydrogens is 736 g/mol. The predicted octanol–water partition coefficient (Wildman–Crippen LogP) is 6.73. The molecule has 0 radical (unpaired) electrons. The van der Waals surface area contributed by atoms with Crippen molar-refractivity contribution in [2.24, 2.45) is 5.92 Å². The molecule has 56 heavy (non-hydrogen) atoms. The summed E-state index contributed by atoms with van der Waals surface area (Å²) in [6, 6.07) is 7.85. The number of imide groups is 1. The molecule has 1 spiro atoms. The number of alkyl halides is 3. The number of nitrogens with one attached hydrogen (secondary N) is 2. The highest BCUT2D eigenvalue weighted by atomic mass is 19.4. The third-order valence-electron chi connectivity index (χ3n) is 10.8. The van der Waals surface area contributed by atoms with Crippen LogP contribution in [-0.2, 0) is 47.1 Å². The maximum atomic E-state index is 13.8. The average molecular weight is 793 g/mol. The number of rotatable bonds is 23. The number of benzene rings is 2. The third-order valence-corrected chi connectivity index (χ3v) is 10.8. The molecule has 2 atom stereocenters. The highest BCUT2D eigenvalue weighted by Gasteiger charge is 2.58. The number of nitrogens with zero attached hydrogens (tertiary/aromatic N) is 2. The van der Waals surface area contributed by atoms with Crippen LogP contribution < -0.4 is 10.6 Å². The lowest BCUT2D eigenvalue weighted by Crippen LogP contribution is -2.51. The number of carbonyl (C=O) groups excluding carboxylic acids is 3. The van der Waals surface area contributed by atoms with Gasteiger partial charge in [0.05, 0.1) is 26.4 Å². The van der Waals surface area contributed by atoms with Gasteiger partial charge in [0.2, 0.25) is 11.5 Å². The first kappa shape index (κ1) is 43.3. The topological polar surface area (TPSA) is 119 Å². The van der Waals surface area contributed by atoms with Gasteiger partial charge >= 0.3 is 12.3 Å². The first-order valence-electron chi connectivity index (χ1n) is 19.9. The van der Waals surface area contributed by atoms with Crippen molar-refractivity contribution in [1.29, 1.82) is 0 Å². The summed E-state index contributed by atoms with van der Waals surface area (Å²) in [5.74, 6) is -1.63. The van der Waals surface area contributed by atoms with Gasteiger partial charge < -0.3 is 34.5 Å². The van der Waals surface area contributed by atoms with Crippen LogP contribution >= 0.6 is 0 Å². The van der Waals surface area contributed by atoms with Crippen LogP contribution in [0.4, 0.5) is 28.0 Å². The Morgan fingerprint density at radius 3 is 2.32 bits per heavy atom. The maximum Gasteiger partial charge on any atom is 0.418 e. The molecule has 310 valence electrons. The SMILES string of the molecule is C[C@H](N(Cc1ccc(F)cc1)C(=O)CN1C(=O)O[C@@]2(CCc3cc(NCCCNCCCOCCOCCOCCC4CCCCC4)ccc32)C1=O)C(F)(F)F.